The van der Waals surface area contributed by atoms with Crippen molar-refractivity contribution in [3.63, 3.8) is 0 Å². The fourth-order valence-electron chi connectivity index (χ4n) is 4.81. The second-order valence-electron chi connectivity index (χ2n) is 8.07. The number of carbonyl (C=O) groups is 2. The topological polar surface area (TPSA) is 63.0 Å². The van der Waals surface area contributed by atoms with Crippen molar-refractivity contribution in [3.8, 4) is 0 Å². The van der Waals surface area contributed by atoms with Crippen LogP contribution in [-0.4, -0.2) is 54.0 Å². The molecule has 6 heteroatoms. The van der Waals surface area contributed by atoms with Gasteiger partial charge in [-0.3, -0.25) is 14.5 Å². The summed E-state index contributed by atoms with van der Waals surface area (Å²) in [6.45, 7) is 3.00. The maximum Gasteiger partial charge on any atom is 0.311 e. The standard InChI is InChI=1S/C24H28N2O4/c1-29-23(28)21-17-22(27)26(18-19-7-3-2-4-8-19)24(21)11-14-25(15-12-24)13-5-9-20-10-6-16-30-20/h2-10,16,21H,11-15,17-18H2,1H3/b9-5+. The largest absolute Gasteiger partial charge is 0.469 e. The Morgan fingerprint density at radius 2 is 1.97 bits per heavy atom. The molecule has 2 saturated heterocycles. The van der Waals surface area contributed by atoms with E-state index < -0.39 is 11.5 Å². The molecule has 0 N–H and O–H groups in total. The van der Waals surface area contributed by atoms with Gasteiger partial charge in [0.25, 0.3) is 0 Å². The van der Waals surface area contributed by atoms with Gasteiger partial charge in [-0.25, -0.2) is 0 Å². The van der Waals surface area contributed by atoms with E-state index in [2.05, 4.69) is 11.0 Å². The zero-order valence-electron chi connectivity index (χ0n) is 17.3. The zero-order chi connectivity index (χ0) is 21.0. The van der Waals surface area contributed by atoms with E-state index in [0.29, 0.717) is 6.54 Å². The molecule has 1 aromatic heterocycles. The maximum absolute atomic E-state index is 13.0. The van der Waals surface area contributed by atoms with E-state index in [4.69, 9.17) is 9.15 Å². The molecule has 0 saturated carbocycles. The molecule has 2 aliphatic rings. The van der Waals surface area contributed by atoms with Crippen molar-refractivity contribution in [3.05, 3.63) is 66.1 Å². The van der Waals surface area contributed by atoms with Crippen molar-refractivity contribution in [2.24, 2.45) is 5.92 Å². The number of benzene rings is 1. The van der Waals surface area contributed by atoms with E-state index in [1.54, 1.807) is 6.26 Å². The molecule has 158 valence electrons. The predicted octanol–water partition coefficient (Wildman–Crippen LogP) is 3.35. The van der Waals surface area contributed by atoms with E-state index in [-0.39, 0.29) is 18.3 Å². The quantitative estimate of drug-likeness (QED) is 0.686. The molecule has 30 heavy (non-hydrogen) atoms. The molecule has 1 unspecified atom stereocenters. The van der Waals surface area contributed by atoms with Gasteiger partial charge >= 0.3 is 5.97 Å². The molecule has 4 rings (SSSR count). The van der Waals surface area contributed by atoms with E-state index in [0.717, 1.165) is 43.8 Å². The average Bonchev–Trinajstić information content (AvgIpc) is 3.38. The van der Waals surface area contributed by atoms with E-state index in [1.807, 2.05) is 53.4 Å². The molecule has 1 spiro atoms. The van der Waals surface area contributed by atoms with Gasteiger partial charge in [-0.15, -0.1) is 0 Å². The summed E-state index contributed by atoms with van der Waals surface area (Å²) in [7, 11) is 1.41. The Balaban J connectivity index is 1.48. The van der Waals surface area contributed by atoms with Crippen LogP contribution in [0.4, 0.5) is 0 Å². The molecular formula is C24H28N2O4. The number of amides is 1. The number of likely N-dealkylation sites (tertiary alicyclic amines) is 2. The summed E-state index contributed by atoms with van der Waals surface area (Å²) in [5.41, 5.74) is 0.612. The van der Waals surface area contributed by atoms with E-state index in [9.17, 15) is 9.59 Å². The number of ether oxygens (including phenoxy) is 1. The Kier molecular flexibility index (Phi) is 6.04. The Labute approximate surface area is 177 Å². The molecule has 1 amide bonds. The van der Waals surface area contributed by atoms with Crippen molar-refractivity contribution in [1.29, 1.82) is 0 Å². The number of hydrogen-bond acceptors (Lipinski definition) is 5. The van der Waals surface area contributed by atoms with Gasteiger partial charge in [0.2, 0.25) is 5.91 Å². The Morgan fingerprint density at radius 3 is 2.63 bits per heavy atom. The molecule has 0 radical (unpaired) electrons. The summed E-state index contributed by atoms with van der Waals surface area (Å²) in [5, 5.41) is 0. The van der Waals surface area contributed by atoms with Crippen LogP contribution in [0.2, 0.25) is 0 Å². The summed E-state index contributed by atoms with van der Waals surface area (Å²) in [6, 6.07) is 13.8. The Morgan fingerprint density at radius 1 is 1.20 bits per heavy atom. The summed E-state index contributed by atoms with van der Waals surface area (Å²) in [5.74, 6) is 0.203. The maximum atomic E-state index is 13.0. The summed E-state index contributed by atoms with van der Waals surface area (Å²) in [6.07, 6.45) is 7.49. The van der Waals surface area contributed by atoms with Gasteiger partial charge in [0.1, 0.15) is 5.76 Å². The lowest BCUT2D eigenvalue weighted by Crippen LogP contribution is -2.57. The third kappa shape index (κ3) is 4.05. The first-order chi connectivity index (χ1) is 14.6. The van der Waals surface area contributed by atoms with Gasteiger partial charge in [-0.05, 0) is 36.6 Å². The van der Waals surface area contributed by atoms with Crippen molar-refractivity contribution >= 4 is 18.0 Å². The average molecular weight is 408 g/mol. The smallest absolute Gasteiger partial charge is 0.311 e. The van der Waals surface area contributed by atoms with Gasteiger partial charge in [0.05, 0.1) is 24.8 Å². The minimum absolute atomic E-state index is 0.0421. The van der Waals surface area contributed by atoms with E-state index >= 15 is 0 Å². The molecule has 3 heterocycles. The normalized spacial score (nSPS) is 21.6. The molecule has 6 nitrogen and oxygen atoms in total. The van der Waals surface area contributed by atoms with E-state index in [1.165, 1.54) is 7.11 Å². The highest BCUT2D eigenvalue weighted by atomic mass is 16.5. The predicted molar refractivity (Wildman–Crippen MR) is 113 cm³/mol. The molecule has 2 fully saturated rings. The van der Waals surface area contributed by atoms with Gasteiger partial charge in [0, 0.05) is 32.6 Å². The number of esters is 1. The Bertz CT molecular complexity index is 883. The highest BCUT2D eigenvalue weighted by molar-refractivity contribution is 5.89. The second-order valence-corrected chi connectivity index (χ2v) is 8.07. The van der Waals surface area contributed by atoms with Crippen LogP contribution in [-0.2, 0) is 20.9 Å². The van der Waals surface area contributed by atoms with Crippen molar-refractivity contribution in [2.45, 2.75) is 31.3 Å². The number of nitrogens with zero attached hydrogens (tertiary/aromatic N) is 2. The number of carbonyl (C=O) groups excluding carboxylic acids is 2. The zero-order valence-corrected chi connectivity index (χ0v) is 17.3. The number of methoxy groups -OCH3 is 1. The lowest BCUT2D eigenvalue weighted by atomic mass is 9.76. The lowest BCUT2D eigenvalue weighted by Gasteiger charge is -2.47. The number of piperidine rings is 1. The van der Waals surface area contributed by atoms with Crippen LogP contribution >= 0.6 is 0 Å². The molecule has 2 aliphatic heterocycles. The third-order valence-corrected chi connectivity index (χ3v) is 6.45. The molecule has 0 aliphatic carbocycles. The highest BCUT2D eigenvalue weighted by Gasteiger charge is 2.56. The third-order valence-electron chi connectivity index (χ3n) is 6.45. The monoisotopic (exact) mass is 408 g/mol. The highest BCUT2D eigenvalue weighted by Crippen LogP contribution is 2.45. The van der Waals surface area contributed by atoms with Gasteiger partial charge in [-0.1, -0.05) is 36.4 Å². The van der Waals surface area contributed by atoms with Crippen LogP contribution in [0.25, 0.3) is 6.08 Å². The summed E-state index contributed by atoms with van der Waals surface area (Å²) in [4.78, 5) is 29.8. The van der Waals surface area contributed by atoms with Gasteiger partial charge < -0.3 is 14.1 Å². The molecule has 2 aromatic rings. The van der Waals surface area contributed by atoms with Gasteiger partial charge in [0.15, 0.2) is 0 Å². The van der Waals surface area contributed by atoms with Crippen LogP contribution < -0.4 is 0 Å². The second kappa shape index (κ2) is 8.88. The van der Waals surface area contributed by atoms with Gasteiger partial charge in [-0.2, -0.15) is 0 Å². The first kappa shape index (κ1) is 20.4. The first-order valence-electron chi connectivity index (χ1n) is 10.5. The van der Waals surface area contributed by atoms with Crippen LogP contribution in [0.15, 0.2) is 59.2 Å². The summed E-state index contributed by atoms with van der Waals surface area (Å²) < 4.78 is 10.4. The van der Waals surface area contributed by atoms with Crippen LogP contribution in [0.1, 0.15) is 30.6 Å². The lowest BCUT2D eigenvalue weighted by molar-refractivity contribution is -0.150. The molecule has 1 atom stereocenters. The number of rotatable bonds is 6. The summed E-state index contributed by atoms with van der Waals surface area (Å²) >= 11 is 0. The van der Waals surface area contributed by atoms with Crippen LogP contribution in [0.3, 0.4) is 0 Å². The van der Waals surface area contributed by atoms with Crippen molar-refractivity contribution < 1.29 is 18.7 Å². The SMILES string of the molecule is COC(=O)C1CC(=O)N(Cc2ccccc2)C12CCN(C/C=C/c1ccco1)CC2. The molecule has 0 bridgehead atoms. The number of furan rings is 1. The fourth-order valence-corrected chi connectivity index (χ4v) is 4.81. The minimum Gasteiger partial charge on any atom is -0.469 e. The van der Waals surface area contributed by atoms with Crippen molar-refractivity contribution in [1.82, 2.24) is 9.80 Å². The fraction of sp³-hybridized carbons (Fsp3) is 0.417. The molecular weight excluding hydrogens is 380 g/mol. The van der Waals surface area contributed by atoms with Crippen molar-refractivity contribution in [2.75, 3.05) is 26.7 Å². The van der Waals surface area contributed by atoms with Crippen LogP contribution in [0, 0.1) is 5.92 Å². The number of hydrogen-bond donors (Lipinski definition) is 0. The molecule has 1 aromatic carbocycles. The van der Waals surface area contributed by atoms with Crippen LogP contribution in [0.5, 0.6) is 0 Å². The Hall–Kier alpha value is -2.86. The first-order valence-corrected chi connectivity index (χ1v) is 10.5. The minimum atomic E-state index is -0.471.